The third kappa shape index (κ3) is 4.63. The molecule has 1 fully saturated rings. The van der Waals surface area contributed by atoms with Gasteiger partial charge in [-0.1, -0.05) is 33.1 Å². The van der Waals surface area contributed by atoms with Crippen molar-refractivity contribution in [3.05, 3.63) is 0 Å². The molecule has 5 nitrogen and oxygen atoms in total. The minimum atomic E-state index is -0.650. The van der Waals surface area contributed by atoms with Crippen LogP contribution in [-0.2, 0) is 4.79 Å². The molecule has 4 N–H and O–H groups in total. The molecule has 0 radical (unpaired) electrons. The molecule has 1 unspecified atom stereocenters. The van der Waals surface area contributed by atoms with Crippen LogP contribution in [0.25, 0.3) is 0 Å². The first kappa shape index (κ1) is 13.8. The Morgan fingerprint density at radius 1 is 1.18 bits per heavy atom. The lowest BCUT2D eigenvalue weighted by Gasteiger charge is -2.27. The van der Waals surface area contributed by atoms with E-state index >= 15 is 0 Å². The van der Waals surface area contributed by atoms with E-state index in [4.69, 9.17) is 5.73 Å². The Hall–Kier alpha value is -1.26. The Morgan fingerprint density at radius 2 is 1.76 bits per heavy atom. The van der Waals surface area contributed by atoms with Crippen LogP contribution in [0.5, 0.6) is 0 Å². The van der Waals surface area contributed by atoms with Crippen molar-refractivity contribution in [3.63, 3.8) is 0 Å². The van der Waals surface area contributed by atoms with Gasteiger partial charge >= 0.3 is 6.03 Å². The lowest BCUT2D eigenvalue weighted by Crippen LogP contribution is -2.53. The second-order valence-corrected chi connectivity index (χ2v) is 5.07. The van der Waals surface area contributed by atoms with Gasteiger partial charge in [0.25, 0.3) is 0 Å². The summed E-state index contributed by atoms with van der Waals surface area (Å²) in [5.41, 5.74) is 5.07. The average molecular weight is 241 g/mol. The second kappa shape index (κ2) is 6.47. The molecule has 0 aromatic rings. The number of primary amides is 1. The monoisotopic (exact) mass is 241 g/mol. The van der Waals surface area contributed by atoms with Crippen molar-refractivity contribution in [1.29, 1.82) is 0 Å². The molecule has 0 bridgehead atoms. The summed E-state index contributed by atoms with van der Waals surface area (Å²) >= 11 is 0. The maximum atomic E-state index is 12.0. The molecule has 1 aliphatic rings. The zero-order valence-electron chi connectivity index (χ0n) is 10.7. The molecule has 1 atom stereocenters. The van der Waals surface area contributed by atoms with E-state index < -0.39 is 12.1 Å². The van der Waals surface area contributed by atoms with Crippen molar-refractivity contribution < 1.29 is 9.59 Å². The van der Waals surface area contributed by atoms with Crippen molar-refractivity contribution in [2.45, 2.75) is 58.0 Å². The SMILES string of the molecule is CC(C)C(NC(N)=O)C(=O)NC1CCCCC1. The number of carbonyl (C=O) groups excluding carboxylic acids is 2. The lowest BCUT2D eigenvalue weighted by molar-refractivity contribution is -0.124. The normalized spacial score (nSPS) is 18.8. The Kier molecular flexibility index (Phi) is 5.25. The number of nitrogens with two attached hydrogens (primary N) is 1. The highest BCUT2D eigenvalue weighted by atomic mass is 16.2. The highest BCUT2D eigenvalue weighted by Gasteiger charge is 2.25. The summed E-state index contributed by atoms with van der Waals surface area (Å²) < 4.78 is 0. The maximum Gasteiger partial charge on any atom is 0.312 e. The molecule has 1 rings (SSSR count). The molecule has 0 aliphatic heterocycles. The van der Waals surface area contributed by atoms with E-state index in [-0.39, 0.29) is 17.9 Å². The zero-order chi connectivity index (χ0) is 12.8. The zero-order valence-corrected chi connectivity index (χ0v) is 10.7. The Bertz CT molecular complexity index is 273. The number of rotatable bonds is 4. The topological polar surface area (TPSA) is 84.2 Å². The fourth-order valence-electron chi connectivity index (χ4n) is 2.23. The maximum absolute atomic E-state index is 12.0. The number of hydrogen-bond donors (Lipinski definition) is 3. The minimum absolute atomic E-state index is 0.0334. The third-order valence-electron chi connectivity index (χ3n) is 3.20. The summed E-state index contributed by atoms with van der Waals surface area (Å²) in [5.74, 6) is -0.0863. The molecule has 0 aromatic carbocycles. The van der Waals surface area contributed by atoms with Gasteiger partial charge in [-0.25, -0.2) is 4.79 Å². The molecule has 17 heavy (non-hydrogen) atoms. The molecule has 1 aliphatic carbocycles. The van der Waals surface area contributed by atoms with E-state index in [0.717, 1.165) is 12.8 Å². The highest BCUT2D eigenvalue weighted by Crippen LogP contribution is 2.17. The van der Waals surface area contributed by atoms with Crippen LogP contribution in [0.15, 0.2) is 0 Å². The summed E-state index contributed by atoms with van der Waals surface area (Å²) in [6, 6.07) is -0.927. The van der Waals surface area contributed by atoms with Crippen LogP contribution in [0.3, 0.4) is 0 Å². The first-order valence-corrected chi connectivity index (χ1v) is 6.37. The minimum Gasteiger partial charge on any atom is -0.352 e. The average Bonchev–Trinajstić information content (AvgIpc) is 2.26. The van der Waals surface area contributed by atoms with Gasteiger partial charge in [0.15, 0.2) is 0 Å². The van der Waals surface area contributed by atoms with Crippen LogP contribution < -0.4 is 16.4 Å². The second-order valence-electron chi connectivity index (χ2n) is 5.07. The van der Waals surface area contributed by atoms with E-state index in [0.29, 0.717) is 0 Å². The lowest BCUT2D eigenvalue weighted by atomic mass is 9.94. The fourth-order valence-corrected chi connectivity index (χ4v) is 2.23. The van der Waals surface area contributed by atoms with Crippen molar-refractivity contribution in [3.8, 4) is 0 Å². The van der Waals surface area contributed by atoms with Gasteiger partial charge in [0.1, 0.15) is 6.04 Å². The van der Waals surface area contributed by atoms with Crippen LogP contribution in [-0.4, -0.2) is 24.0 Å². The van der Waals surface area contributed by atoms with E-state index in [1.807, 2.05) is 13.8 Å². The molecule has 5 heteroatoms. The van der Waals surface area contributed by atoms with E-state index in [2.05, 4.69) is 10.6 Å². The van der Waals surface area contributed by atoms with Gasteiger partial charge in [-0.2, -0.15) is 0 Å². The molecule has 0 saturated heterocycles. The van der Waals surface area contributed by atoms with Gasteiger partial charge in [0, 0.05) is 6.04 Å². The van der Waals surface area contributed by atoms with Gasteiger partial charge in [0.05, 0.1) is 0 Å². The van der Waals surface area contributed by atoms with Gasteiger partial charge in [-0.05, 0) is 18.8 Å². The molecule has 0 heterocycles. The summed E-state index contributed by atoms with van der Waals surface area (Å²) in [7, 11) is 0. The van der Waals surface area contributed by atoms with Crippen LogP contribution >= 0.6 is 0 Å². The Balaban J connectivity index is 2.49. The molecule has 0 spiro atoms. The quantitative estimate of drug-likeness (QED) is 0.689. The van der Waals surface area contributed by atoms with E-state index in [1.165, 1.54) is 19.3 Å². The van der Waals surface area contributed by atoms with Crippen molar-refractivity contribution in [2.75, 3.05) is 0 Å². The number of nitrogens with one attached hydrogen (secondary N) is 2. The molecule has 0 aromatic heterocycles. The first-order valence-electron chi connectivity index (χ1n) is 6.37. The summed E-state index contributed by atoms with van der Waals surface area (Å²) in [6.07, 6.45) is 5.65. The van der Waals surface area contributed by atoms with Crippen LogP contribution in [0.1, 0.15) is 46.0 Å². The predicted molar refractivity (Wildman–Crippen MR) is 66.4 cm³/mol. The summed E-state index contributed by atoms with van der Waals surface area (Å²) in [6.45, 7) is 3.78. The van der Waals surface area contributed by atoms with Crippen molar-refractivity contribution >= 4 is 11.9 Å². The molecule has 98 valence electrons. The highest BCUT2D eigenvalue weighted by molar-refractivity contribution is 5.86. The third-order valence-corrected chi connectivity index (χ3v) is 3.20. The number of amides is 3. The Morgan fingerprint density at radius 3 is 2.24 bits per heavy atom. The molecule has 1 saturated carbocycles. The number of urea groups is 1. The van der Waals surface area contributed by atoms with Crippen LogP contribution in [0.4, 0.5) is 4.79 Å². The Labute approximate surface area is 103 Å². The standard InChI is InChI=1S/C12H23N3O2/c1-8(2)10(15-12(13)17)11(16)14-9-6-4-3-5-7-9/h8-10H,3-7H2,1-2H3,(H,14,16)(H3,13,15,17). The summed E-state index contributed by atoms with van der Waals surface area (Å²) in [4.78, 5) is 22.8. The van der Waals surface area contributed by atoms with Crippen LogP contribution in [0, 0.1) is 5.92 Å². The summed E-state index contributed by atoms with van der Waals surface area (Å²) in [5, 5.41) is 5.49. The largest absolute Gasteiger partial charge is 0.352 e. The smallest absolute Gasteiger partial charge is 0.312 e. The molecular formula is C12H23N3O2. The number of hydrogen-bond acceptors (Lipinski definition) is 2. The first-order chi connectivity index (χ1) is 8.00. The number of carbonyl (C=O) groups is 2. The van der Waals surface area contributed by atoms with Crippen LogP contribution in [0.2, 0.25) is 0 Å². The predicted octanol–water partition coefficient (Wildman–Crippen LogP) is 1.13. The van der Waals surface area contributed by atoms with Crippen molar-refractivity contribution in [1.82, 2.24) is 10.6 Å². The van der Waals surface area contributed by atoms with Crippen molar-refractivity contribution in [2.24, 2.45) is 11.7 Å². The van der Waals surface area contributed by atoms with Gasteiger partial charge < -0.3 is 16.4 Å². The molecule has 3 amide bonds. The fraction of sp³-hybridized carbons (Fsp3) is 0.833. The van der Waals surface area contributed by atoms with E-state index in [1.54, 1.807) is 0 Å². The van der Waals surface area contributed by atoms with Gasteiger partial charge in [-0.15, -0.1) is 0 Å². The van der Waals surface area contributed by atoms with Gasteiger partial charge in [-0.3, -0.25) is 4.79 Å². The molecular weight excluding hydrogens is 218 g/mol. The van der Waals surface area contributed by atoms with Gasteiger partial charge in [0.2, 0.25) is 5.91 Å². The van der Waals surface area contributed by atoms with E-state index in [9.17, 15) is 9.59 Å².